The molecule has 0 saturated heterocycles. The van der Waals surface area contributed by atoms with Crippen LogP contribution in [0, 0.1) is 0 Å². The predicted molar refractivity (Wildman–Crippen MR) is 185 cm³/mol. The molecule has 0 heterocycles. The summed E-state index contributed by atoms with van der Waals surface area (Å²) in [7, 11) is 0. The lowest BCUT2D eigenvalue weighted by molar-refractivity contribution is -0.147. The molecule has 2 N–H and O–H groups in total. The van der Waals surface area contributed by atoms with Gasteiger partial charge in [-0.15, -0.1) is 0 Å². The minimum absolute atomic E-state index is 0.104. The molecule has 1 atom stereocenters. The van der Waals surface area contributed by atoms with E-state index in [0.717, 1.165) is 83.5 Å². The molecule has 0 rings (SSSR count). The maximum Gasteiger partial charge on any atom is 0.322 e. The lowest BCUT2D eigenvalue weighted by Gasteiger charge is -2.15. The number of unbranched alkanes of at least 4 members (excludes halogenated alkanes) is 14. The number of aliphatic carboxylic acids is 1. The molecule has 0 saturated carbocycles. The van der Waals surface area contributed by atoms with Crippen molar-refractivity contribution in [2.45, 2.75) is 168 Å². The number of carbonyl (C=O) groups is 3. The van der Waals surface area contributed by atoms with E-state index in [9.17, 15) is 14.4 Å². The van der Waals surface area contributed by atoms with Gasteiger partial charge in [-0.3, -0.25) is 14.4 Å². The molecule has 0 bridgehead atoms. The van der Waals surface area contributed by atoms with Gasteiger partial charge >= 0.3 is 11.9 Å². The molecule has 0 aliphatic carbocycles. The molecule has 0 aliphatic rings. The SMILES string of the molecule is CCCC/C=C\C(CCCCCCC(=O)NCC(=O)O)OC(=O)CCCCCCCC/C=C\C/C=C\C/C=C\CCCCC. The van der Waals surface area contributed by atoms with Gasteiger partial charge in [0.05, 0.1) is 0 Å². The Morgan fingerprint density at radius 3 is 1.77 bits per heavy atom. The number of carboxylic acids is 1. The molecule has 0 radical (unpaired) electrons. The molecule has 6 heteroatoms. The van der Waals surface area contributed by atoms with Crippen molar-refractivity contribution >= 4 is 17.8 Å². The number of hydrogen-bond acceptors (Lipinski definition) is 4. The summed E-state index contributed by atoms with van der Waals surface area (Å²) in [5.41, 5.74) is 0. The lowest BCUT2D eigenvalue weighted by Crippen LogP contribution is -2.28. The molecule has 252 valence electrons. The fraction of sp³-hybridized carbons (Fsp3) is 0.711. The van der Waals surface area contributed by atoms with Gasteiger partial charge in [0.1, 0.15) is 12.6 Å². The summed E-state index contributed by atoms with van der Waals surface area (Å²) in [6, 6.07) is 0. The maximum atomic E-state index is 12.5. The third kappa shape index (κ3) is 32.3. The van der Waals surface area contributed by atoms with Crippen molar-refractivity contribution in [3.63, 3.8) is 0 Å². The average Bonchev–Trinajstić information content (AvgIpc) is 3.00. The summed E-state index contributed by atoms with van der Waals surface area (Å²) in [5, 5.41) is 11.0. The van der Waals surface area contributed by atoms with Gasteiger partial charge < -0.3 is 15.2 Å². The van der Waals surface area contributed by atoms with Crippen LogP contribution in [0.15, 0.2) is 48.6 Å². The van der Waals surface area contributed by atoms with Crippen molar-refractivity contribution in [2.75, 3.05) is 6.54 Å². The first-order chi connectivity index (χ1) is 21.5. The summed E-state index contributed by atoms with van der Waals surface area (Å²) >= 11 is 0. The third-order valence-corrected chi connectivity index (χ3v) is 7.46. The van der Waals surface area contributed by atoms with Crippen molar-refractivity contribution in [3.05, 3.63) is 48.6 Å². The van der Waals surface area contributed by atoms with E-state index in [1.807, 2.05) is 6.08 Å². The van der Waals surface area contributed by atoms with Crippen LogP contribution < -0.4 is 5.32 Å². The van der Waals surface area contributed by atoms with Gasteiger partial charge in [-0.25, -0.2) is 0 Å². The van der Waals surface area contributed by atoms with Crippen molar-refractivity contribution in [1.29, 1.82) is 0 Å². The summed E-state index contributed by atoms with van der Waals surface area (Å²) in [5.74, 6) is -1.36. The summed E-state index contributed by atoms with van der Waals surface area (Å²) in [6.45, 7) is 4.08. The molecular formula is C38H65NO5. The number of allylic oxidation sites excluding steroid dienone is 7. The van der Waals surface area contributed by atoms with Crippen LogP contribution in [0.25, 0.3) is 0 Å². The van der Waals surface area contributed by atoms with Crippen LogP contribution in [-0.4, -0.2) is 35.6 Å². The van der Waals surface area contributed by atoms with Crippen LogP contribution in [0.1, 0.15) is 162 Å². The monoisotopic (exact) mass is 615 g/mol. The van der Waals surface area contributed by atoms with Crippen molar-refractivity contribution in [1.82, 2.24) is 5.32 Å². The molecule has 1 unspecified atom stereocenters. The Bertz CT molecular complexity index is 814. The van der Waals surface area contributed by atoms with Crippen LogP contribution in [0.5, 0.6) is 0 Å². The molecule has 0 fully saturated rings. The highest BCUT2D eigenvalue weighted by molar-refractivity contribution is 5.80. The van der Waals surface area contributed by atoms with Gasteiger partial charge in [0.25, 0.3) is 0 Å². The highest BCUT2D eigenvalue weighted by Gasteiger charge is 2.11. The molecule has 6 nitrogen and oxygen atoms in total. The van der Waals surface area contributed by atoms with Crippen molar-refractivity contribution in [3.8, 4) is 0 Å². The van der Waals surface area contributed by atoms with Crippen LogP contribution in [0.3, 0.4) is 0 Å². The highest BCUT2D eigenvalue weighted by Crippen LogP contribution is 2.14. The van der Waals surface area contributed by atoms with Gasteiger partial charge in [0.2, 0.25) is 5.91 Å². The van der Waals surface area contributed by atoms with E-state index in [4.69, 9.17) is 9.84 Å². The van der Waals surface area contributed by atoms with E-state index < -0.39 is 5.97 Å². The second-order valence-corrected chi connectivity index (χ2v) is 11.8. The lowest BCUT2D eigenvalue weighted by atomic mass is 10.1. The first-order valence-corrected chi connectivity index (χ1v) is 17.8. The van der Waals surface area contributed by atoms with Gasteiger partial charge in [-0.2, -0.15) is 0 Å². The number of esters is 1. The molecule has 0 spiro atoms. The zero-order chi connectivity index (χ0) is 32.4. The summed E-state index contributed by atoms with van der Waals surface area (Å²) < 4.78 is 5.81. The zero-order valence-corrected chi connectivity index (χ0v) is 28.2. The van der Waals surface area contributed by atoms with Crippen molar-refractivity contribution in [2.24, 2.45) is 0 Å². The summed E-state index contributed by atoms with van der Waals surface area (Å²) in [6.07, 6.45) is 41.2. The number of carbonyl (C=O) groups excluding carboxylic acids is 2. The summed E-state index contributed by atoms with van der Waals surface area (Å²) in [4.78, 5) is 34.6. The highest BCUT2D eigenvalue weighted by atomic mass is 16.5. The quantitative estimate of drug-likeness (QED) is 0.0460. The second kappa shape index (κ2) is 33.3. The first-order valence-electron chi connectivity index (χ1n) is 17.8. The normalized spacial score (nSPS) is 12.6. The number of carboxylic acid groups (broad SMARTS) is 1. The Kier molecular flexibility index (Phi) is 31.3. The Labute approximate surface area is 269 Å². The number of amides is 1. The second-order valence-electron chi connectivity index (χ2n) is 11.8. The van der Waals surface area contributed by atoms with Crippen LogP contribution >= 0.6 is 0 Å². The fourth-order valence-corrected chi connectivity index (χ4v) is 4.77. The van der Waals surface area contributed by atoms with E-state index >= 15 is 0 Å². The molecule has 44 heavy (non-hydrogen) atoms. The van der Waals surface area contributed by atoms with Gasteiger partial charge in [-0.1, -0.05) is 121 Å². The van der Waals surface area contributed by atoms with E-state index in [0.29, 0.717) is 12.8 Å². The van der Waals surface area contributed by atoms with Crippen LogP contribution in [0.2, 0.25) is 0 Å². The molecule has 0 aliphatic heterocycles. The third-order valence-electron chi connectivity index (χ3n) is 7.46. The standard InChI is InChI=1S/C38H65NO5/c1-3-5-7-9-10-11-12-13-14-15-16-17-18-19-20-21-22-23-29-33-38(43)44-35(30-26-8-6-4-2)31-27-24-25-28-32-36(40)39-34-37(41)42/h10-11,13-14,16-17,26,30,35H,3-9,12,15,18-25,27-29,31-34H2,1-2H3,(H,39,40)(H,41,42)/b11-10-,14-13-,17-16-,30-26-. The predicted octanol–water partition coefficient (Wildman–Crippen LogP) is 10.3. The first kappa shape index (κ1) is 41.4. The fourth-order valence-electron chi connectivity index (χ4n) is 4.77. The van der Waals surface area contributed by atoms with Gasteiger partial charge in [0, 0.05) is 12.8 Å². The number of rotatable bonds is 31. The molecule has 1 amide bonds. The molecule has 0 aromatic heterocycles. The van der Waals surface area contributed by atoms with E-state index in [2.05, 4.69) is 61.7 Å². The minimum atomic E-state index is -1.03. The van der Waals surface area contributed by atoms with Gasteiger partial charge in [-0.05, 0) is 76.7 Å². The Balaban J connectivity index is 3.93. The number of nitrogens with one attached hydrogen (secondary N) is 1. The number of ether oxygens (including phenoxy) is 1. The topological polar surface area (TPSA) is 92.7 Å². The van der Waals surface area contributed by atoms with E-state index in [1.54, 1.807) is 0 Å². The maximum absolute atomic E-state index is 12.5. The number of hydrogen-bond donors (Lipinski definition) is 2. The smallest absolute Gasteiger partial charge is 0.322 e. The van der Waals surface area contributed by atoms with E-state index in [1.165, 1.54) is 51.4 Å². The molecular weight excluding hydrogens is 550 g/mol. The molecule has 0 aromatic rings. The van der Waals surface area contributed by atoms with E-state index in [-0.39, 0.29) is 24.5 Å². The Morgan fingerprint density at radius 1 is 0.614 bits per heavy atom. The van der Waals surface area contributed by atoms with Gasteiger partial charge in [0.15, 0.2) is 0 Å². The molecule has 0 aromatic carbocycles. The Hall–Kier alpha value is -2.63. The van der Waals surface area contributed by atoms with Crippen molar-refractivity contribution < 1.29 is 24.2 Å². The zero-order valence-electron chi connectivity index (χ0n) is 28.2. The Morgan fingerprint density at radius 2 is 1.14 bits per heavy atom. The largest absolute Gasteiger partial charge is 0.480 e. The van der Waals surface area contributed by atoms with Crippen LogP contribution in [0.4, 0.5) is 0 Å². The minimum Gasteiger partial charge on any atom is -0.480 e. The average molecular weight is 616 g/mol. The van der Waals surface area contributed by atoms with Crippen LogP contribution in [-0.2, 0) is 19.1 Å².